The van der Waals surface area contributed by atoms with Crippen LogP contribution in [0.5, 0.6) is 5.75 Å². The molecule has 0 aromatic heterocycles. The number of nitrogens with zero attached hydrogens (tertiary/aromatic N) is 1. The summed E-state index contributed by atoms with van der Waals surface area (Å²) in [6.07, 6.45) is -0.918. The van der Waals surface area contributed by atoms with Crippen molar-refractivity contribution in [2.45, 2.75) is 18.7 Å². The fourth-order valence-electron chi connectivity index (χ4n) is 3.26. The molecule has 0 radical (unpaired) electrons. The Bertz CT molecular complexity index is 806. The minimum atomic E-state index is -0.918. The highest BCUT2D eigenvalue weighted by molar-refractivity contribution is 5.52. The average molecular weight is 363 g/mol. The summed E-state index contributed by atoms with van der Waals surface area (Å²) in [4.78, 5) is 2.12. The summed E-state index contributed by atoms with van der Waals surface area (Å²) >= 11 is 0. The van der Waals surface area contributed by atoms with Crippen molar-refractivity contribution >= 4 is 5.69 Å². The molecular weight excluding hydrogens is 338 g/mol. The van der Waals surface area contributed by atoms with E-state index in [-0.39, 0.29) is 12.6 Å². The minimum Gasteiger partial charge on any atom is -0.497 e. The molecule has 0 amide bonds. The average Bonchev–Trinajstić information content (AvgIpc) is 2.74. The molecule has 27 heavy (non-hydrogen) atoms. The van der Waals surface area contributed by atoms with Gasteiger partial charge in [-0.05, 0) is 35.4 Å². The van der Waals surface area contributed by atoms with E-state index in [2.05, 4.69) is 17.0 Å². The molecule has 0 unspecified atom stereocenters. The minimum absolute atomic E-state index is 0.318. The van der Waals surface area contributed by atoms with Crippen LogP contribution in [-0.2, 0) is 6.54 Å². The molecule has 0 heterocycles. The lowest BCUT2D eigenvalue weighted by Crippen LogP contribution is -2.38. The second kappa shape index (κ2) is 9.21. The van der Waals surface area contributed by atoms with Crippen molar-refractivity contribution in [1.29, 1.82) is 0 Å². The lowest BCUT2D eigenvalue weighted by Gasteiger charge is -2.37. The SMILES string of the molecule is COc1ccc(N(Cc2ccccc2)[C@H](c2ccccc2)[C@@H](O)CO)cc1. The smallest absolute Gasteiger partial charge is 0.119 e. The van der Waals surface area contributed by atoms with E-state index in [1.807, 2.05) is 72.8 Å². The van der Waals surface area contributed by atoms with Gasteiger partial charge in [0.1, 0.15) is 11.9 Å². The van der Waals surface area contributed by atoms with Crippen molar-refractivity contribution in [1.82, 2.24) is 0 Å². The molecule has 140 valence electrons. The molecular formula is C23H25NO3. The Labute approximate surface area is 160 Å². The Morgan fingerprint density at radius 2 is 1.44 bits per heavy atom. The summed E-state index contributed by atoms with van der Waals surface area (Å²) in [7, 11) is 1.64. The monoisotopic (exact) mass is 363 g/mol. The second-order valence-corrected chi connectivity index (χ2v) is 6.42. The van der Waals surface area contributed by atoms with Gasteiger partial charge in [-0.1, -0.05) is 60.7 Å². The summed E-state index contributed by atoms with van der Waals surface area (Å²) in [5.41, 5.74) is 3.02. The van der Waals surface area contributed by atoms with Crippen LogP contribution in [0.4, 0.5) is 5.69 Å². The molecule has 3 rings (SSSR count). The molecule has 0 aliphatic rings. The van der Waals surface area contributed by atoms with E-state index >= 15 is 0 Å². The van der Waals surface area contributed by atoms with Crippen LogP contribution in [0.2, 0.25) is 0 Å². The van der Waals surface area contributed by atoms with Crippen LogP contribution < -0.4 is 9.64 Å². The van der Waals surface area contributed by atoms with Gasteiger partial charge < -0.3 is 19.8 Å². The van der Waals surface area contributed by atoms with Gasteiger partial charge in [-0.2, -0.15) is 0 Å². The topological polar surface area (TPSA) is 52.9 Å². The molecule has 0 bridgehead atoms. The summed E-state index contributed by atoms with van der Waals surface area (Å²) in [5, 5.41) is 20.4. The highest BCUT2D eigenvalue weighted by Crippen LogP contribution is 2.32. The third kappa shape index (κ3) is 4.67. The highest BCUT2D eigenvalue weighted by atomic mass is 16.5. The van der Waals surface area contributed by atoms with Crippen LogP contribution in [0, 0.1) is 0 Å². The summed E-state index contributed by atoms with van der Waals surface area (Å²) < 4.78 is 5.27. The number of hydrogen-bond acceptors (Lipinski definition) is 4. The van der Waals surface area contributed by atoms with Crippen molar-refractivity contribution in [3.05, 3.63) is 96.1 Å². The molecule has 4 nitrogen and oxygen atoms in total. The third-order valence-electron chi connectivity index (χ3n) is 4.63. The van der Waals surface area contributed by atoms with Gasteiger partial charge in [0.15, 0.2) is 0 Å². The van der Waals surface area contributed by atoms with Crippen molar-refractivity contribution in [3.63, 3.8) is 0 Å². The molecule has 3 aromatic rings. The molecule has 0 saturated heterocycles. The molecule has 0 saturated carbocycles. The molecule has 4 heteroatoms. The van der Waals surface area contributed by atoms with E-state index in [4.69, 9.17) is 4.74 Å². The number of aliphatic hydroxyl groups excluding tert-OH is 2. The maximum atomic E-state index is 10.7. The second-order valence-electron chi connectivity index (χ2n) is 6.42. The maximum Gasteiger partial charge on any atom is 0.119 e. The zero-order valence-corrected chi connectivity index (χ0v) is 15.4. The number of anilines is 1. The van der Waals surface area contributed by atoms with Gasteiger partial charge in [0.25, 0.3) is 0 Å². The van der Waals surface area contributed by atoms with E-state index in [1.54, 1.807) is 7.11 Å². The van der Waals surface area contributed by atoms with Crippen LogP contribution in [0.25, 0.3) is 0 Å². The summed E-state index contributed by atoms with van der Waals surface area (Å²) in [5.74, 6) is 0.775. The van der Waals surface area contributed by atoms with Crippen molar-refractivity contribution in [2.24, 2.45) is 0 Å². The van der Waals surface area contributed by atoms with Crippen molar-refractivity contribution in [3.8, 4) is 5.75 Å². The predicted octanol–water partition coefficient (Wildman–Crippen LogP) is 3.80. The molecule has 0 aliphatic carbocycles. The van der Waals surface area contributed by atoms with E-state index in [0.29, 0.717) is 6.54 Å². The highest BCUT2D eigenvalue weighted by Gasteiger charge is 2.28. The third-order valence-corrected chi connectivity index (χ3v) is 4.63. The quantitative estimate of drug-likeness (QED) is 0.639. The molecule has 3 aromatic carbocycles. The first kappa shape index (κ1) is 19.0. The predicted molar refractivity (Wildman–Crippen MR) is 108 cm³/mol. The fourth-order valence-corrected chi connectivity index (χ4v) is 3.26. The van der Waals surface area contributed by atoms with Crippen LogP contribution in [-0.4, -0.2) is 30.0 Å². The normalized spacial score (nSPS) is 13.0. The molecule has 2 atom stereocenters. The summed E-state index contributed by atoms with van der Waals surface area (Å²) in [6, 6.07) is 27.3. The molecule has 2 N–H and O–H groups in total. The number of rotatable bonds is 8. The Hall–Kier alpha value is -2.82. The molecule has 0 aliphatic heterocycles. The van der Waals surface area contributed by atoms with Crippen LogP contribution in [0.3, 0.4) is 0 Å². The number of methoxy groups -OCH3 is 1. The number of ether oxygens (including phenoxy) is 1. The first-order chi connectivity index (χ1) is 13.2. The van der Waals surface area contributed by atoms with Gasteiger partial charge >= 0.3 is 0 Å². The number of aliphatic hydroxyl groups is 2. The Morgan fingerprint density at radius 1 is 0.852 bits per heavy atom. The first-order valence-electron chi connectivity index (χ1n) is 9.01. The number of benzene rings is 3. The molecule has 0 spiro atoms. The zero-order valence-electron chi connectivity index (χ0n) is 15.4. The largest absolute Gasteiger partial charge is 0.497 e. The van der Waals surface area contributed by atoms with Crippen LogP contribution in [0.15, 0.2) is 84.9 Å². The van der Waals surface area contributed by atoms with Gasteiger partial charge in [-0.25, -0.2) is 0 Å². The van der Waals surface area contributed by atoms with Crippen LogP contribution >= 0.6 is 0 Å². The Morgan fingerprint density at radius 3 is 2.00 bits per heavy atom. The van der Waals surface area contributed by atoms with Crippen LogP contribution in [0.1, 0.15) is 17.2 Å². The zero-order chi connectivity index (χ0) is 19.1. The Balaban J connectivity index is 2.04. The Kier molecular flexibility index (Phi) is 6.47. The van der Waals surface area contributed by atoms with Gasteiger partial charge in [-0.15, -0.1) is 0 Å². The first-order valence-corrected chi connectivity index (χ1v) is 9.01. The van der Waals surface area contributed by atoms with E-state index in [1.165, 1.54) is 0 Å². The van der Waals surface area contributed by atoms with Gasteiger partial charge in [0, 0.05) is 12.2 Å². The number of hydrogen-bond donors (Lipinski definition) is 2. The van der Waals surface area contributed by atoms with Gasteiger partial charge in [-0.3, -0.25) is 0 Å². The molecule has 0 fully saturated rings. The summed E-state index contributed by atoms with van der Waals surface area (Å²) in [6.45, 7) is 0.283. The van der Waals surface area contributed by atoms with E-state index in [0.717, 1.165) is 22.6 Å². The van der Waals surface area contributed by atoms with Gasteiger partial charge in [0.05, 0.1) is 19.8 Å². The van der Waals surface area contributed by atoms with Crippen molar-refractivity contribution in [2.75, 3.05) is 18.6 Å². The lowest BCUT2D eigenvalue weighted by atomic mass is 9.98. The fraction of sp³-hybridized carbons (Fsp3) is 0.217. The lowest BCUT2D eigenvalue weighted by molar-refractivity contribution is 0.0707. The van der Waals surface area contributed by atoms with Gasteiger partial charge in [0.2, 0.25) is 0 Å². The standard InChI is InChI=1S/C23H25NO3/c1-27-21-14-12-20(13-15-21)24(16-18-8-4-2-5-9-18)23(22(26)17-25)19-10-6-3-7-11-19/h2-15,22-23,25-26H,16-17H2,1H3/t22-,23+/m0/s1. The maximum absolute atomic E-state index is 10.7. The van der Waals surface area contributed by atoms with E-state index < -0.39 is 6.10 Å². The van der Waals surface area contributed by atoms with E-state index in [9.17, 15) is 10.2 Å². The van der Waals surface area contributed by atoms with Crippen molar-refractivity contribution < 1.29 is 14.9 Å².